The molecule has 0 saturated carbocycles. The highest BCUT2D eigenvalue weighted by molar-refractivity contribution is 7.90. The van der Waals surface area contributed by atoms with Crippen LogP contribution in [-0.4, -0.2) is 31.5 Å². The van der Waals surface area contributed by atoms with Gasteiger partial charge in [-0.25, -0.2) is 13.4 Å². The van der Waals surface area contributed by atoms with Crippen LogP contribution < -0.4 is 10.4 Å². The first-order valence-electron chi connectivity index (χ1n) is 6.36. The number of carbonyl (C=O) groups is 2. The van der Waals surface area contributed by atoms with E-state index in [0.29, 0.717) is 15.3 Å². The fourth-order valence-corrected chi connectivity index (χ4v) is 3.41. The molecule has 1 aromatic carbocycles. The van der Waals surface area contributed by atoms with Gasteiger partial charge >= 0.3 is 0 Å². The molecule has 0 aliphatic carbocycles. The van der Waals surface area contributed by atoms with Gasteiger partial charge in [0.1, 0.15) is 0 Å². The smallest absolute Gasteiger partial charge is 0.226 e. The Labute approximate surface area is 130 Å². The summed E-state index contributed by atoms with van der Waals surface area (Å²) in [5.41, 5.74) is 0.586. The Morgan fingerprint density at radius 2 is 2.05 bits per heavy atom. The molecule has 1 heterocycles. The van der Waals surface area contributed by atoms with Crippen molar-refractivity contribution in [3.8, 4) is 0 Å². The molecule has 22 heavy (non-hydrogen) atoms. The summed E-state index contributed by atoms with van der Waals surface area (Å²) in [6.45, 7) is 0. The van der Waals surface area contributed by atoms with Crippen LogP contribution >= 0.6 is 11.3 Å². The predicted molar refractivity (Wildman–Crippen MR) is 80.2 cm³/mol. The highest BCUT2D eigenvalue weighted by Gasteiger charge is 2.12. The van der Waals surface area contributed by atoms with Crippen molar-refractivity contribution in [3.05, 3.63) is 18.2 Å². The van der Waals surface area contributed by atoms with E-state index in [0.717, 1.165) is 17.6 Å². The fraction of sp³-hybridized carbons (Fsp3) is 0.308. The third kappa shape index (κ3) is 4.25. The van der Waals surface area contributed by atoms with Crippen LogP contribution in [0.3, 0.4) is 0 Å². The van der Waals surface area contributed by atoms with Gasteiger partial charge in [0.25, 0.3) is 0 Å². The van der Waals surface area contributed by atoms with Crippen molar-refractivity contribution in [2.75, 3.05) is 11.6 Å². The van der Waals surface area contributed by atoms with Crippen LogP contribution in [0.15, 0.2) is 23.1 Å². The van der Waals surface area contributed by atoms with Gasteiger partial charge in [-0.2, -0.15) is 0 Å². The Balaban J connectivity index is 2.09. The second-order valence-electron chi connectivity index (χ2n) is 4.69. The molecule has 1 aromatic heterocycles. The molecule has 0 atom stereocenters. The zero-order chi connectivity index (χ0) is 16.3. The van der Waals surface area contributed by atoms with E-state index in [4.69, 9.17) is 0 Å². The van der Waals surface area contributed by atoms with Crippen molar-refractivity contribution in [1.82, 2.24) is 4.98 Å². The number of sulfone groups is 1. The number of fused-ring (bicyclic) bond motifs is 1. The minimum Gasteiger partial charge on any atom is -0.550 e. The second-order valence-corrected chi connectivity index (χ2v) is 7.74. The summed E-state index contributed by atoms with van der Waals surface area (Å²) in [6.07, 6.45) is 1.19. The third-order valence-electron chi connectivity index (χ3n) is 2.82. The number of rotatable bonds is 6. The van der Waals surface area contributed by atoms with E-state index in [1.807, 2.05) is 0 Å². The Bertz CT molecular complexity index is 826. The van der Waals surface area contributed by atoms with Gasteiger partial charge < -0.3 is 15.2 Å². The average Bonchev–Trinajstić information content (AvgIpc) is 2.77. The summed E-state index contributed by atoms with van der Waals surface area (Å²) in [4.78, 5) is 26.3. The Morgan fingerprint density at radius 3 is 2.68 bits per heavy atom. The van der Waals surface area contributed by atoms with Crippen molar-refractivity contribution in [1.29, 1.82) is 0 Å². The van der Waals surface area contributed by atoms with Gasteiger partial charge in [0.05, 0.1) is 15.1 Å². The van der Waals surface area contributed by atoms with Crippen LogP contribution in [0, 0.1) is 0 Å². The predicted octanol–water partition coefficient (Wildman–Crippen LogP) is 0.558. The van der Waals surface area contributed by atoms with Crippen LogP contribution in [0.5, 0.6) is 0 Å². The molecule has 1 amide bonds. The number of anilines is 1. The van der Waals surface area contributed by atoms with Crippen LogP contribution in [0.25, 0.3) is 10.2 Å². The summed E-state index contributed by atoms with van der Waals surface area (Å²) in [5, 5.41) is 13.2. The average molecular weight is 341 g/mol. The molecule has 7 nitrogen and oxygen atoms in total. The lowest BCUT2D eigenvalue weighted by Crippen LogP contribution is -2.22. The maximum atomic E-state index is 11.6. The van der Waals surface area contributed by atoms with Gasteiger partial charge in [0.15, 0.2) is 15.0 Å². The highest BCUT2D eigenvalue weighted by Crippen LogP contribution is 2.28. The van der Waals surface area contributed by atoms with E-state index >= 15 is 0 Å². The number of hydrogen-bond donors (Lipinski definition) is 1. The number of thiazole rings is 1. The molecule has 2 aromatic rings. The molecular formula is C13H13N2O5S2-. The van der Waals surface area contributed by atoms with Gasteiger partial charge in [-0.1, -0.05) is 11.3 Å². The lowest BCUT2D eigenvalue weighted by Gasteiger charge is -2.02. The monoisotopic (exact) mass is 341 g/mol. The first-order chi connectivity index (χ1) is 10.3. The third-order valence-corrected chi connectivity index (χ3v) is 4.86. The van der Waals surface area contributed by atoms with Crippen molar-refractivity contribution in [3.63, 3.8) is 0 Å². The zero-order valence-electron chi connectivity index (χ0n) is 11.7. The molecule has 0 aliphatic rings. The fourth-order valence-electron chi connectivity index (χ4n) is 1.76. The van der Waals surface area contributed by atoms with E-state index in [1.165, 1.54) is 12.1 Å². The first-order valence-corrected chi connectivity index (χ1v) is 9.07. The molecule has 9 heteroatoms. The molecule has 0 radical (unpaired) electrons. The highest BCUT2D eigenvalue weighted by atomic mass is 32.2. The number of hydrogen-bond acceptors (Lipinski definition) is 7. The molecule has 0 unspecified atom stereocenters. The molecule has 0 bridgehead atoms. The number of carbonyl (C=O) groups excluding carboxylic acids is 2. The summed E-state index contributed by atoms with van der Waals surface area (Å²) in [5.74, 6) is -1.54. The van der Waals surface area contributed by atoms with E-state index in [-0.39, 0.29) is 30.1 Å². The molecule has 1 N–H and O–H groups in total. The standard InChI is InChI=1S/C13H14N2O5S2/c1-22(19,20)8-5-6-9-10(7-8)21-13(14-9)15-11(16)3-2-4-12(17)18/h5-7H,2-4H2,1H3,(H,17,18)(H,14,15,16)/p-1. The summed E-state index contributed by atoms with van der Waals surface area (Å²) < 4.78 is 23.6. The quantitative estimate of drug-likeness (QED) is 0.820. The van der Waals surface area contributed by atoms with Gasteiger partial charge in [-0.05, 0) is 31.0 Å². The van der Waals surface area contributed by atoms with Crippen molar-refractivity contribution in [2.24, 2.45) is 0 Å². The SMILES string of the molecule is CS(=O)(=O)c1ccc2nc(NC(=O)CCCC(=O)[O-])sc2c1. The number of nitrogens with zero attached hydrogens (tertiary/aromatic N) is 1. The number of carboxylic acid groups (broad SMARTS) is 1. The first kappa shape index (κ1) is 16.4. The van der Waals surface area contributed by atoms with Crippen LogP contribution in [0.1, 0.15) is 19.3 Å². The summed E-state index contributed by atoms with van der Waals surface area (Å²) in [6, 6.07) is 4.55. The lowest BCUT2D eigenvalue weighted by molar-refractivity contribution is -0.305. The molecule has 118 valence electrons. The van der Waals surface area contributed by atoms with E-state index in [2.05, 4.69) is 10.3 Å². The molecule has 2 rings (SSSR count). The number of amides is 1. The van der Waals surface area contributed by atoms with Gasteiger partial charge in [-0.15, -0.1) is 0 Å². The number of carboxylic acids is 1. The second kappa shape index (κ2) is 6.41. The Morgan fingerprint density at radius 1 is 1.32 bits per heavy atom. The Hall–Kier alpha value is -2.00. The number of aliphatic carboxylic acids is 1. The maximum Gasteiger partial charge on any atom is 0.226 e. The van der Waals surface area contributed by atoms with Crippen molar-refractivity contribution < 1.29 is 23.1 Å². The summed E-state index contributed by atoms with van der Waals surface area (Å²) in [7, 11) is -3.30. The van der Waals surface area contributed by atoms with Crippen molar-refractivity contribution >= 4 is 48.4 Å². The minimum absolute atomic E-state index is 0.0541. The molecule has 0 saturated heterocycles. The summed E-state index contributed by atoms with van der Waals surface area (Å²) >= 11 is 1.16. The zero-order valence-corrected chi connectivity index (χ0v) is 13.3. The van der Waals surface area contributed by atoms with Crippen LogP contribution in [0.2, 0.25) is 0 Å². The maximum absolute atomic E-state index is 11.6. The van der Waals surface area contributed by atoms with Crippen LogP contribution in [0.4, 0.5) is 5.13 Å². The Kier molecular flexibility index (Phi) is 4.77. The van der Waals surface area contributed by atoms with Gasteiger partial charge in [0.2, 0.25) is 5.91 Å². The molecule has 0 spiro atoms. The number of aromatic nitrogens is 1. The largest absolute Gasteiger partial charge is 0.550 e. The van der Waals surface area contributed by atoms with Crippen molar-refractivity contribution in [2.45, 2.75) is 24.2 Å². The molecule has 0 aliphatic heterocycles. The van der Waals surface area contributed by atoms with E-state index < -0.39 is 15.8 Å². The van der Waals surface area contributed by atoms with Crippen LogP contribution in [-0.2, 0) is 19.4 Å². The van der Waals surface area contributed by atoms with E-state index in [9.17, 15) is 23.1 Å². The number of nitrogens with one attached hydrogen (secondary N) is 1. The molecule has 0 fully saturated rings. The number of benzene rings is 1. The van der Waals surface area contributed by atoms with Gasteiger partial charge in [-0.3, -0.25) is 4.79 Å². The molecular weight excluding hydrogens is 328 g/mol. The van der Waals surface area contributed by atoms with E-state index in [1.54, 1.807) is 6.07 Å². The normalized spacial score (nSPS) is 11.5. The topological polar surface area (TPSA) is 116 Å². The van der Waals surface area contributed by atoms with Gasteiger partial charge in [0, 0.05) is 18.6 Å². The lowest BCUT2D eigenvalue weighted by atomic mass is 10.2. The minimum atomic E-state index is -3.30.